The van der Waals surface area contributed by atoms with E-state index in [1.54, 1.807) is 12.0 Å². The fraction of sp³-hybridized carbons (Fsp3) is 0.688. The Morgan fingerprint density at radius 2 is 2.00 bits per heavy atom. The molecule has 2 aliphatic rings. The number of methoxy groups -OCH3 is 1. The summed E-state index contributed by atoms with van der Waals surface area (Å²) < 4.78 is 25.7. The highest BCUT2D eigenvalue weighted by Crippen LogP contribution is 2.44. The van der Waals surface area contributed by atoms with Gasteiger partial charge >= 0.3 is 0 Å². The van der Waals surface area contributed by atoms with Crippen LogP contribution < -0.4 is 15.0 Å². The Balaban J connectivity index is 1.39. The predicted molar refractivity (Wildman–Crippen MR) is 168 cm³/mol. The number of nitrogens with one attached hydrogen (secondary N) is 1. The number of rotatable bonds is 16. The number of aliphatic hydroxyl groups is 1. The Morgan fingerprint density at radius 3 is 2.66 bits per heavy atom. The van der Waals surface area contributed by atoms with Crippen molar-refractivity contribution in [2.45, 2.75) is 72.1 Å². The van der Waals surface area contributed by atoms with E-state index < -0.39 is 5.82 Å². The zero-order valence-corrected chi connectivity index (χ0v) is 27.1. The normalized spacial score (nSPS) is 17.7. The maximum Gasteiger partial charge on any atom is 0.282 e. The van der Waals surface area contributed by atoms with Gasteiger partial charge < -0.3 is 29.7 Å². The lowest BCUT2D eigenvalue weighted by Crippen LogP contribution is -2.62. The molecule has 2 atom stereocenters. The molecule has 0 saturated carbocycles. The van der Waals surface area contributed by atoms with Crippen LogP contribution in [0.3, 0.4) is 0 Å². The van der Waals surface area contributed by atoms with Crippen molar-refractivity contribution >= 4 is 11.7 Å². The first-order valence-electron chi connectivity index (χ1n) is 15.9. The molecule has 3 heterocycles. The molecule has 2 unspecified atom stereocenters. The number of nitrogens with zero attached hydrogens (tertiary/aromatic N) is 6. The van der Waals surface area contributed by atoms with Gasteiger partial charge in [-0.25, -0.2) is 9.37 Å². The predicted octanol–water partition coefficient (Wildman–Crippen LogP) is 3.59. The van der Waals surface area contributed by atoms with Crippen LogP contribution >= 0.6 is 0 Å². The molecular weight excluding hydrogens is 565 g/mol. The zero-order chi connectivity index (χ0) is 31.9. The maximum atomic E-state index is 14.3. The second kappa shape index (κ2) is 15.4. The van der Waals surface area contributed by atoms with Gasteiger partial charge in [0.05, 0.1) is 18.3 Å². The molecule has 2 aliphatic heterocycles. The average molecular weight is 616 g/mol. The minimum Gasteiger partial charge on any atom is -0.434 e. The summed E-state index contributed by atoms with van der Waals surface area (Å²) in [6, 6.07) is 4.42. The van der Waals surface area contributed by atoms with Gasteiger partial charge in [-0.3, -0.25) is 9.69 Å². The highest BCUT2D eigenvalue weighted by atomic mass is 19.1. The molecule has 1 spiro atoms. The molecule has 2 saturated heterocycles. The first-order chi connectivity index (χ1) is 21.1. The van der Waals surface area contributed by atoms with Crippen LogP contribution in [0.5, 0.6) is 11.6 Å². The third kappa shape index (κ3) is 8.01. The quantitative estimate of drug-likeness (QED) is 0.272. The number of halogens is 1. The number of aromatic nitrogens is 3. The van der Waals surface area contributed by atoms with Crippen molar-refractivity contribution < 1.29 is 23.8 Å². The molecule has 2 fully saturated rings. The number of benzene rings is 1. The van der Waals surface area contributed by atoms with Gasteiger partial charge in [-0.1, -0.05) is 13.8 Å². The van der Waals surface area contributed by atoms with Gasteiger partial charge in [0, 0.05) is 63.9 Å². The smallest absolute Gasteiger partial charge is 0.282 e. The summed E-state index contributed by atoms with van der Waals surface area (Å²) in [6.07, 6.45) is 4.46. The summed E-state index contributed by atoms with van der Waals surface area (Å²) in [5, 5.41) is 20.9. The van der Waals surface area contributed by atoms with Gasteiger partial charge in [-0.15, -0.1) is 10.2 Å². The van der Waals surface area contributed by atoms with Crippen molar-refractivity contribution in [3.05, 3.63) is 35.9 Å². The number of hydrogen-bond donors (Lipinski definition) is 2. The number of carbonyl (C=O) groups excluding carboxylic acids is 1. The molecule has 0 bridgehead atoms. The van der Waals surface area contributed by atoms with E-state index in [9.17, 15) is 14.3 Å². The van der Waals surface area contributed by atoms with Gasteiger partial charge in [0.15, 0.2) is 5.82 Å². The molecule has 4 rings (SSSR count). The number of carbonyl (C=O) groups is 1. The topological polar surface area (TPSA) is 116 Å². The zero-order valence-electron chi connectivity index (χ0n) is 27.1. The van der Waals surface area contributed by atoms with Crippen LogP contribution in [0.15, 0.2) is 24.5 Å². The standard InChI is InChI=1S/C32H50FN7O4/c1-7-40(23(4)5)31(42)26-15-24(33)10-11-28(26)44-30-29(35-21-36-37-30)38-14-12-32(18-38)19-39(20-32)27(22(2)3)9-8-13-34-16-25(17-41)43-6/h10-11,15,21-23,25,27,34,41H,7-9,12-14,16-20H2,1-6H3. The maximum absolute atomic E-state index is 14.3. The minimum absolute atomic E-state index is 0.0205. The molecule has 2 N–H and O–H groups in total. The van der Waals surface area contributed by atoms with Crippen molar-refractivity contribution in [1.29, 1.82) is 0 Å². The summed E-state index contributed by atoms with van der Waals surface area (Å²) in [5.74, 6) is 0.755. The molecule has 1 aromatic heterocycles. The Morgan fingerprint density at radius 1 is 1.23 bits per heavy atom. The number of amides is 1. The number of anilines is 1. The van der Waals surface area contributed by atoms with E-state index in [1.165, 1.54) is 24.5 Å². The molecule has 0 radical (unpaired) electrons. The Bertz CT molecular complexity index is 1220. The first kappa shape index (κ1) is 34.0. The molecule has 0 aliphatic carbocycles. The average Bonchev–Trinajstić information content (AvgIpc) is 3.43. The molecule has 2 aromatic rings. The fourth-order valence-corrected chi connectivity index (χ4v) is 6.59. The van der Waals surface area contributed by atoms with Gasteiger partial charge in [-0.05, 0) is 70.7 Å². The van der Waals surface area contributed by atoms with E-state index in [1.807, 2.05) is 20.8 Å². The lowest BCUT2D eigenvalue weighted by Gasteiger charge is -2.53. The summed E-state index contributed by atoms with van der Waals surface area (Å²) in [7, 11) is 1.62. The van der Waals surface area contributed by atoms with Crippen LogP contribution in [0.2, 0.25) is 0 Å². The summed E-state index contributed by atoms with van der Waals surface area (Å²) >= 11 is 0. The van der Waals surface area contributed by atoms with Crippen molar-refractivity contribution in [3.8, 4) is 11.6 Å². The third-order valence-electron chi connectivity index (χ3n) is 8.99. The van der Waals surface area contributed by atoms with Gasteiger partial charge in [0.2, 0.25) is 0 Å². The van der Waals surface area contributed by atoms with Crippen LogP contribution in [-0.4, -0.2) is 114 Å². The fourth-order valence-electron chi connectivity index (χ4n) is 6.59. The lowest BCUT2D eigenvalue weighted by molar-refractivity contribution is -0.0339. The van der Waals surface area contributed by atoms with Crippen LogP contribution in [-0.2, 0) is 4.74 Å². The van der Waals surface area contributed by atoms with Gasteiger partial charge in [0.1, 0.15) is 17.9 Å². The molecule has 12 heteroatoms. The van der Waals surface area contributed by atoms with Crippen LogP contribution in [0.25, 0.3) is 0 Å². The highest BCUT2D eigenvalue weighted by molar-refractivity contribution is 5.97. The van der Waals surface area contributed by atoms with Crippen LogP contribution in [0, 0.1) is 17.2 Å². The molecule has 11 nitrogen and oxygen atoms in total. The number of likely N-dealkylation sites (tertiary alicyclic amines) is 1. The number of aliphatic hydroxyl groups excluding tert-OH is 1. The Labute approximate surface area is 261 Å². The third-order valence-corrected chi connectivity index (χ3v) is 8.99. The van der Waals surface area contributed by atoms with Gasteiger partial charge in [-0.2, -0.15) is 0 Å². The number of hydrogen-bond acceptors (Lipinski definition) is 10. The SMILES string of the molecule is CCN(C(=O)c1cc(F)ccc1Oc1nncnc1N1CCC2(C1)CN(C(CCCNCC(CO)OC)C(C)C)C2)C(C)C. The monoisotopic (exact) mass is 615 g/mol. The van der Waals surface area contributed by atoms with Crippen molar-refractivity contribution in [3.63, 3.8) is 0 Å². The molecule has 1 amide bonds. The molecule has 1 aromatic carbocycles. The minimum atomic E-state index is -0.508. The van der Waals surface area contributed by atoms with E-state index in [2.05, 4.69) is 44.1 Å². The van der Waals surface area contributed by atoms with Crippen LogP contribution in [0.4, 0.5) is 10.2 Å². The van der Waals surface area contributed by atoms with E-state index >= 15 is 0 Å². The second-order valence-electron chi connectivity index (χ2n) is 12.8. The van der Waals surface area contributed by atoms with Crippen molar-refractivity contribution in [2.24, 2.45) is 11.3 Å². The Hall–Kier alpha value is -2.93. The van der Waals surface area contributed by atoms with Crippen molar-refractivity contribution in [2.75, 3.05) is 64.4 Å². The summed E-state index contributed by atoms with van der Waals surface area (Å²) in [5.41, 5.74) is 0.322. The molecule has 44 heavy (non-hydrogen) atoms. The Kier molecular flexibility index (Phi) is 11.9. The van der Waals surface area contributed by atoms with Crippen LogP contribution in [0.1, 0.15) is 64.2 Å². The first-order valence-corrected chi connectivity index (χ1v) is 15.9. The largest absolute Gasteiger partial charge is 0.434 e. The molecule has 244 valence electrons. The second-order valence-corrected chi connectivity index (χ2v) is 12.8. The lowest BCUT2D eigenvalue weighted by atomic mass is 9.76. The van der Waals surface area contributed by atoms with E-state index in [4.69, 9.17) is 9.47 Å². The molecular formula is C32H50FN7O4. The summed E-state index contributed by atoms with van der Waals surface area (Å²) in [4.78, 5) is 24.3. The van der Waals surface area contributed by atoms with E-state index in [0.717, 1.165) is 52.0 Å². The van der Waals surface area contributed by atoms with E-state index in [-0.39, 0.29) is 47.3 Å². The van der Waals surface area contributed by atoms with E-state index in [0.29, 0.717) is 30.9 Å². The highest BCUT2D eigenvalue weighted by Gasteiger charge is 2.50. The number of ether oxygens (including phenoxy) is 2. The van der Waals surface area contributed by atoms with Crippen molar-refractivity contribution in [1.82, 2.24) is 30.3 Å². The summed E-state index contributed by atoms with van der Waals surface area (Å²) in [6.45, 7) is 16.1. The van der Waals surface area contributed by atoms with Gasteiger partial charge in [0.25, 0.3) is 11.8 Å².